The molecule has 3 nitrogen and oxygen atoms in total. The van der Waals surface area contributed by atoms with Gasteiger partial charge in [0.15, 0.2) is 0 Å². The van der Waals surface area contributed by atoms with Gasteiger partial charge in [0, 0.05) is 12.7 Å². The number of halogens is 1. The number of hydrogen-bond acceptors (Lipinski definition) is 3. The number of methoxy groups -OCH3 is 2. The number of likely N-dealkylation sites (N-methyl/N-ethyl adjacent to an activating group) is 1. The van der Waals surface area contributed by atoms with E-state index in [0.29, 0.717) is 5.75 Å². The quantitative estimate of drug-likeness (QED) is 0.865. The van der Waals surface area contributed by atoms with Crippen LogP contribution in [-0.2, 0) is 4.74 Å². The molecule has 1 atom stereocenters. The molecule has 1 saturated carbocycles. The van der Waals surface area contributed by atoms with Crippen LogP contribution in [0.1, 0.15) is 50.6 Å². The van der Waals surface area contributed by atoms with Crippen LogP contribution in [0.5, 0.6) is 5.75 Å². The van der Waals surface area contributed by atoms with E-state index in [1.165, 1.54) is 12.5 Å². The molecule has 1 aromatic carbocycles. The van der Waals surface area contributed by atoms with Gasteiger partial charge < -0.3 is 14.8 Å². The van der Waals surface area contributed by atoms with Crippen molar-refractivity contribution in [2.45, 2.75) is 50.7 Å². The van der Waals surface area contributed by atoms with Crippen molar-refractivity contribution in [3.8, 4) is 5.75 Å². The Morgan fingerprint density at radius 1 is 1.24 bits per heavy atom. The zero-order valence-corrected chi connectivity index (χ0v) is 13.2. The van der Waals surface area contributed by atoms with E-state index in [0.717, 1.165) is 37.8 Å². The minimum absolute atomic E-state index is 0.0570. The average Bonchev–Trinajstić information content (AvgIpc) is 2.53. The molecule has 1 fully saturated rings. The molecule has 21 heavy (non-hydrogen) atoms. The molecule has 0 aliphatic heterocycles. The van der Waals surface area contributed by atoms with Crippen molar-refractivity contribution in [2.24, 2.45) is 0 Å². The second kappa shape index (κ2) is 7.23. The highest BCUT2D eigenvalue weighted by atomic mass is 19.1. The summed E-state index contributed by atoms with van der Waals surface area (Å²) in [4.78, 5) is 0. The summed E-state index contributed by atoms with van der Waals surface area (Å²) >= 11 is 0. The van der Waals surface area contributed by atoms with Crippen LogP contribution in [0.15, 0.2) is 18.2 Å². The molecular formula is C17H26FNO2. The van der Waals surface area contributed by atoms with E-state index < -0.39 is 0 Å². The van der Waals surface area contributed by atoms with Crippen molar-refractivity contribution in [1.29, 1.82) is 0 Å². The van der Waals surface area contributed by atoms with E-state index >= 15 is 0 Å². The Kier molecular flexibility index (Phi) is 5.59. The molecule has 0 amide bonds. The van der Waals surface area contributed by atoms with Gasteiger partial charge in [-0.1, -0.05) is 26.2 Å². The normalized spacial score (nSPS) is 19.2. The van der Waals surface area contributed by atoms with Crippen LogP contribution in [0.25, 0.3) is 0 Å². The van der Waals surface area contributed by atoms with Crippen LogP contribution in [0.2, 0.25) is 0 Å². The smallest absolute Gasteiger partial charge is 0.123 e. The SMILES string of the molecule is CCNC(c1cc(F)ccc1OC)C1(OC)CCCCC1. The largest absolute Gasteiger partial charge is 0.496 e. The van der Waals surface area contributed by atoms with E-state index in [4.69, 9.17) is 9.47 Å². The molecule has 0 radical (unpaired) electrons. The summed E-state index contributed by atoms with van der Waals surface area (Å²) in [6.07, 6.45) is 5.51. The minimum atomic E-state index is -0.282. The van der Waals surface area contributed by atoms with E-state index in [-0.39, 0.29) is 17.5 Å². The van der Waals surface area contributed by atoms with Gasteiger partial charge in [0.1, 0.15) is 11.6 Å². The Morgan fingerprint density at radius 3 is 2.52 bits per heavy atom. The summed E-state index contributed by atoms with van der Waals surface area (Å²) < 4.78 is 25.1. The molecule has 0 heterocycles. The van der Waals surface area contributed by atoms with Gasteiger partial charge >= 0.3 is 0 Å². The van der Waals surface area contributed by atoms with Gasteiger partial charge in [-0.05, 0) is 37.6 Å². The first kappa shape index (κ1) is 16.2. The van der Waals surface area contributed by atoms with Gasteiger partial charge in [0.2, 0.25) is 0 Å². The molecule has 0 saturated heterocycles. The fourth-order valence-electron chi connectivity index (χ4n) is 3.48. The lowest BCUT2D eigenvalue weighted by Crippen LogP contribution is -2.47. The second-order valence-corrected chi connectivity index (χ2v) is 5.71. The Morgan fingerprint density at radius 2 is 1.95 bits per heavy atom. The Balaban J connectivity index is 2.44. The monoisotopic (exact) mass is 295 g/mol. The molecule has 2 rings (SSSR count). The van der Waals surface area contributed by atoms with E-state index in [1.54, 1.807) is 26.4 Å². The topological polar surface area (TPSA) is 30.5 Å². The van der Waals surface area contributed by atoms with Gasteiger partial charge in [-0.15, -0.1) is 0 Å². The molecule has 0 spiro atoms. The highest BCUT2D eigenvalue weighted by molar-refractivity contribution is 5.38. The first-order valence-corrected chi connectivity index (χ1v) is 7.79. The van der Waals surface area contributed by atoms with Crippen LogP contribution < -0.4 is 10.1 Å². The van der Waals surface area contributed by atoms with Crippen LogP contribution in [0, 0.1) is 5.82 Å². The molecule has 1 aliphatic carbocycles. The summed E-state index contributed by atoms with van der Waals surface area (Å²) in [7, 11) is 3.39. The number of nitrogens with one attached hydrogen (secondary N) is 1. The second-order valence-electron chi connectivity index (χ2n) is 5.71. The van der Waals surface area contributed by atoms with Crippen molar-refractivity contribution in [3.05, 3.63) is 29.6 Å². The average molecular weight is 295 g/mol. The Bertz CT molecular complexity index is 458. The molecule has 0 bridgehead atoms. The van der Waals surface area contributed by atoms with Gasteiger partial charge in [-0.25, -0.2) is 4.39 Å². The maximum atomic E-state index is 13.8. The van der Waals surface area contributed by atoms with Crippen LogP contribution in [-0.4, -0.2) is 26.4 Å². The van der Waals surface area contributed by atoms with Gasteiger partial charge in [-0.2, -0.15) is 0 Å². The summed E-state index contributed by atoms with van der Waals surface area (Å²) in [6.45, 7) is 2.86. The third-order valence-electron chi connectivity index (χ3n) is 4.54. The lowest BCUT2D eigenvalue weighted by atomic mass is 9.76. The molecule has 1 N–H and O–H groups in total. The maximum absolute atomic E-state index is 13.8. The van der Waals surface area contributed by atoms with Crippen molar-refractivity contribution in [1.82, 2.24) is 5.32 Å². The van der Waals surface area contributed by atoms with Crippen molar-refractivity contribution in [3.63, 3.8) is 0 Å². The first-order chi connectivity index (χ1) is 10.2. The summed E-state index contributed by atoms with van der Waals surface area (Å²) in [5.41, 5.74) is 0.568. The third-order valence-corrected chi connectivity index (χ3v) is 4.54. The lowest BCUT2D eigenvalue weighted by molar-refractivity contribution is -0.0689. The molecule has 1 aliphatic rings. The fourth-order valence-corrected chi connectivity index (χ4v) is 3.48. The maximum Gasteiger partial charge on any atom is 0.123 e. The summed E-state index contributed by atoms with van der Waals surface area (Å²) in [6, 6.07) is 4.65. The van der Waals surface area contributed by atoms with Crippen molar-refractivity contribution < 1.29 is 13.9 Å². The zero-order chi connectivity index (χ0) is 15.3. The van der Waals surface area contributed by atoms with E-state index in [9.17, 15) is 4.39 Å². The van der Waals surface area contributed by atoms with E-state index in [1.807, 2.05) is 0 Å². The zero-order valence-electron chi connectivity index (χ0n) is 13.2. The number of hydrogen-bond donors (Lipinski definition) is 1. The third kappa shape index (κ3) is 3.38. The van der Waals surface area contributed by atoms with Crippen LogP contribution >= 0.6 is 0 Å². The van der Waals surface area contributed by atoms with E-state index in [2.05, 4.69) is 12.2 Å². The van der Waals surface area contributed by atoms with Gasteiger partial charge in [0.25, 0.3) is 0 Å². The van der Waals surface area contributed by atoms with Crippen molar-refractivity contribution >= 4 is 0 Å². The molecule has 1 aromatic rings. The van der Waals surface area contributed by atoms with Crippen molar-refractivity contribution in [2.75, 3.05) is 20.8 Å². The fraction of sp³-hybridized carbons (Fsp3) is 0.647. The molecule has 118 valence electrons. The highest BCUT2D eigenvalue weighted by Gasteiger charge is 2.41. The number of rotatable bonds is 6. The Labute approximate surface area is 126 Å². The predicted molar refractivity (Wildman–Crippen MR) is 82.2 cm³/mol. The Hall–Kier alpha value is -1.13. The highest BCUT2D eigenvalue weighted by Crippen LogP contribution is 2.43. The first-order valence-electron chi connectivity index (χ1n) is 7.79. The summed E-state index contributed by atoms with van der Waals surface area (Å²) in [5, 5.41) is 3.49. The number of benzene rings is 1. The molecule has 0 aromatic heterocycles. The van der Waals surface area contributed by atoms with Crippen LogP contribution in [0.3, 0.4) is 0 Å². The number of ether oxygens (including phenoxy) is 2. The standard InChI is InChI=1S/C17H26FNO2/c1-4-19-16(17(21-3)10-6-5-7-11-17)14-12-13(18)8-9-15(14)20-2/h8-9,12,16,19H,4-7,10-11H2,1-3H3. The molecule has 4 heteroatoms. The van der Waals surface area contributed by atoms with Gasteiger partial charge in [-0.3, -0.25) is 0 Å². The lowest BCUT2D eigenvalue weighted by Gasteiger charge is -2.43. The molecular weight excluding hydrogens is 269 g/mol. The molecule has 1 unspecified atom stereocenters. The minimum Gasteiger partial charge on any atom is -0.496 e. The van der Waals surface area contributed by atoms with Gasteiger partial charge in [0.05, 0.1) is 18.8 Å². The predicted octanol–water partition coefficient (Wildman–Crippen LogP) is 3.83. The summed E-state index contributed by atoms with van der Waals surface area (Å²) in [5.74, 6) is 0.472. The van der Waals surface area contributed by atoms with Crippen LogP contribution in [0.4, 0.5) is 4.39 Å².